The van der Waals surface area contributed by atoms with Crippen LogP contribution < -0.4 is 0 Å². The number of nitrogens with zero attached hydrogens (tertiary/aromatic N) is 4. The highest BCUT2D eigenvalue weighted by atomic mass is 35.5. The molecule has 0 aliphatic carbocycles. The number of pyridine rings is 1. The third-order valence-electron chi connectivity index (χ3n) is 4.09. The van der Waals surface area contributed by atoms with Crippen molar-refractivity contribution < 1.29 is 9.59 Å². The summed E-state index contributed by atoms with van der Waals surface area (Å²) in [7, 11) is 1.77. The zero-order valence-electron chi connectivity index (χ0n) is 12.8. The molecule has 1 saturated heterocycles. The van der Waals surface area contributed by atoms with Crippen molar-refractivity contribution in [1.82, 2.24) is 19.7 Å². The molecule has 3 heterocycles. The van der Waals surface area contributed by atoms with Crippen molar-refractivity contribution >= 4 is 23.3 Å². The fourth-order valence-corrected chi connectivity index (χ4v) is 3.12. The lowest BCUT2D eigenvalue weighted by Gasteiger charge is -2.24. The maximum absolute atomic E-state index is 12.7. The van der Waals surface area contributed by atoms with Gasteiger partial charge >= 0.3 is 0 Å². The Morgan fingerprint density at radius 1 is 1.39 bits per heavy atom. The van der Waals surface area contributed by atoms with Crippen molar-refractivity contribution in [2.45, 2.75) is 25.3 Å². The zero-order chi connectivity index (χ0) is 16.4. The topological polar surface area (TPSA) is 68.1 Å². The summed E-state index contributed by atoms with van der Waals surface area (Å²) < 4.78 is 1.60. The van der Waals surface area contributed by atoms with Gasteiger partial charge in [0.2, 0.25) is 0 Å². The van der Waals surface area contributed by atoms with Crippen LogP contribution in [0.2, 0.25) is 5.02 Å². The number of rotatable bonds is 4. The lowest BCUT2D eigenvalue weighted by Crippen LogP contribution is -2.37. The minimum Gasteiger partial charge on any atom is -0.335 e. The minimum absolute atomic E-state index is 0.00336. The lowest BCUT2D eigenvalue weighted by atomic mass is 10.0. The van der Waals surface area contributed by atoms with Gasteiger partial charge in [-0.05, 0) is 18.9 Å². The third-order valence-corrected chi connectivity index (χ3v) is 4.39. The van der Waals surface area contributed by atoms with Crippen LogP contribution in [0.3, 0.4) is 0 Å². The molecule has 1 atom stereocenters. The van der Waals surface area contributed by atoms with Gasteiger partial charge in [0, 0.05) is 44.6 Å². The highest BCUT2D eigenvalue weighted by molar-refractivity contribution is 6.33. The molecule has 0 aromatic carbocycles. The number of aryl methyl sites for hydroxylation is 1. The van der Waals surface area contributed by atoms with Crippen molar-refractivity contribution in [3.05, 3.63) is 47.0 Å². The number of aromatic nitrogens is 3. The van der Waals surface area contributed by atoms with Gasteiger partial charge in [0.25, 0.3) is 5.91 Å². The number of halogens is 1. The summed E-state index contributed by atoms with van der Waals surface area (Å²) >= 11 is 6.06. The van der Waals surface area contributed by atoms with E-state index in [1.165, 1.54) is 6.20 Å². The molecule has 0 unspecified atom stereocenters. The number of Topliss-reactive ketones (excluding diaryl/α,β-unsaturated/α-hetero) is 1. The summed E-state index contributed by atoms with van der Waals surface area (Å²) in [6.07, 6.45) is 8.28. The second-order valence-corrected chi connectivity index (χ2v) is 6.09. The Morgan fingerprint density at radius 3 is 2.91 bits per heavy atom. The molecular weight excluding hydrogens is 316 g/mol. The number of hydrogen-bond acceptors (Lipinski definition) is 4. The van der Waals surface area contributed by atoms with Gasteiger partial charge in [-0.15, -0.1) is 0 Å². The van der Waals surface area contributed by atoms with Crippen LogP contribution in [0.1, 0.15) is 40.0 Å². The van der Waals surface area contributed by atoms with Crippen LogP contribution in [0, 0.1) is 0 Å². The second kappa shape index (κ2) is 6.50. The highest BCUT2D eigenvalue weighted by Crippen LogP contribution is 2.26. The monoisotopic (exact) mass is 332 g/mol. The molecule has 1 aliphatic heterocycles. The van der Waals surface area contributed by atoms with Gasteiger partial charge in [-0.1, -0.05) is 11.6 Å². The smallest absolute Gasteiger partial charge is 0.255 e. The molecule has 0 spiro atoms. The van der Waals surface area contributed by atoms with Crippen molar-refractivity contribution in [2.24, 2.45) is 7.05 Å². The molecule has 1 amide bonds. The predicted octanol–water partition coefficient (Wildman–Crippen LogP) is 2.35. The molecule has 120 valence electrons. The molecule has 1 fully saturated rings. The van der Waals surface area contributed by atoms with Crippen molar-refractivity contribution in [3.8, 4) is 0 Å². The quantitative estimate of drug-likeness (QED) is 0.806. The normalized spacial score (nSPS) is 17.5. The van der Waals surface area contributed by atoms with Gasteiger partial charge in [0.1, 0.15) is 0 Å². The Kier molecular flexibility index (Phi) is 4.43. The first-order valence-corrected chi connectivity index (χ1v) is 7.86. The molecule has 0 saturated carbocycles. The summed E-state index contributed by atoms with van der Waals surface area (Å²) in [6, 6.07) is 1.52. The minimum atomic E-state index is -0.140. The number of likely N-dealkylation sites (tertiary alicyclic amines) is 1. The summed E-state index contributed by atoms with van der Waals surface area (Å²) in [5.74, 6) is -0.137. The van der Waals surface area contributed by atoms with Crippen LogP contribution in [-0.2, 0) is 7.05 Å². The van der Waals surface area contributed by atoms with E-state index in [1.807, 2.05) is 0 Å². The van der Waals surface area contributed by atoms with Crippen LogP contribution in [0.25, 0.3) is 0 Å². The highest BCUT2D eigenvalue weighted by Gasteiger charge is 2.32. The number of carbonyl (C=O) groups excluding carboxylic acids is 2. The first-order chi connectivity index (χ1) is 11.1. The molecule has 0 N–H and O–H groups in total. The van der Waals surface area contributed by atoms with Crippen molar-refractivity contribution in [3.63, 3.8) is 0 Å². The Labute approximate surface area is 139 Å². The number of hydrogen-bond donors (Lipinski definition) is 0. The van der Waals surface area contributed by atoms with Crippen LogP contribution in [0.5, 0.6) is 0 Å². The Balaban J connectivity index is 1.74. The average Bonchev–Trinajstić information content (AvgIpc) is 3.16. The second-order valence-electron chi connectivity index (χ2n) is 5.68. The molecule has 1 aliphatic rings. The summed E-state index contributed by atoms with van der Waals surface area (Å²) in [4.78, 5) is 30.7. The van der Waals surface area contributed by atoms with Crippen molar-refractivity contribution in [2.75, 3.05) is 6.54 Å². The number of ketones is 1. The fraction of sp³-hybridized carbons (Fsp3) is 0.375. The molecule has 3 rings (SSSR count). The standard InChI is InChI=1S/C16H17ClN4O2/c1-20-10-11(8-19-20)15(22)7-12-3-2-6-21(12)16(23)13-4-5-18-9-14(13)17/h4-5,8-10,12H,2-3,6-7H2,1H3/t12-/m1/s1. The Morgan fingerprint density at radius 2 is 2.22 bits per heavy atom. The predicted molar refractivity (Wildman–Crippen MR) is 85.5 cm³/mol. The van der Waals surface area contributed by atoms with E-state index in [2.05, 4.69) is 10.1 Å². The lowest BCUT2D eigenvalue weighted by molar-refractivity contribution is 0.0717. The van der Waals surface area contributed by atoms with Crippen LogP contribution in [0.4, 0.5) is 0 Å². The fourth-order valence-electron chi connectivity index (χ4n) is 2.92. The van der Waals surface area contributed by atoms with E-state index in [0.717, 1.165) is 12.8 Å². The number of carbonyl (C=O) groups is 2. The van der Waals surface area contributed by atoms with Crippen LogP contribution in [-0.4, -0.2) is 43.9 Å². The summed E-state index contributed by atoms with van der Waals surface area (Å²) in [5, 5.41) is 4.35. The largest absolute Gasteiger partial charge is 0.335 e. The molecule has 2 aromatic rings. The summed E-state index contributed by atoms with van der Waals surface area (Å²) in [5.41, 5.74) is 1.01. The van der Waals surface area contributed by atoms with E-state index in [9.17, 15) is 9.59 Å². The molecule has 6 nitrogen and oxygen atoms in total. The zero-order valence-corrected chi connectivity index (χ0v) is 13.5. The third kappa shape index (κ3) is 3.27. The molecule has 2 aromatic heterocycles. The van der Waals surface area contributed by atoms with Crippen LogP contribution in [0.15, 0.2) is 30.9 Å². The van der Waals surface area contributed by atoms with Gasteiger partial charge < -0.3 is 4.90 Å². The maximum atomic E-state index is 12.7. The van der Waals surface area contributed by atoms with E-state index < -0.39 is 0 Å². The van der Waals surface area contributed by atoms with E-state index in [0.29, 0.717) is 29.1 Å². The number of amides is 1. The molecule has 7 heteroatoms. The molecule has 0 radical (unpaired) electrons. The van der Waals surface area contributed by atoms with Gasteiger partial charge in [0.05, 0.1) is 22.3 Å². The summed E-state index contributed by atoms with van der Waals surface area (Å²) in [6.45, 7) is 0.641. The first-order valence-electron chi connectivity index (χ1n) is 7.48. The van der Waals surface area contributed by atoms with Crippen molar-refractivity contribution in [1.29, 1.82) is 0 Å². The van der Waals surface area contributed by atoms with Gasteiger partial charge in [-0.3, -0.25) is 19.3 Å². The van der Waals surface area contributed by atoms with Gasteiger partial charge in [-0.25, -0.2) is 0 Å². The van der Waals surface area contributed by atoms with Crippen LogP contribution >= 0.6 is 11.6 Å². The van der Waals surface area contributed by atoms with E-state index in [4.69, 9.17) is 11.6 Å². The van der Waals surface area contributed by atoms with Gasteiger partial charge in [0.15, 0.2) is 5.78 Å². The van der Waals surface area contributed by atoms with E-state index in [1.54, 1.807) is 41.3 Å². The molecule has 0 bridgehead atoms. The van der Waals surface area contributed by atoms with E-state index >= 15 is 0 Å². The van der Waals surface area contributed by atoms with E-state index in [-0.39, 0.29) is 17.7 Å². The van der Waals surface area contributed by atoms with Gasteiger partial charge in [-0.2, -0.15) is 5.10 Å². The maximum Gasteiger partial charge on any atom is 0.255 e. The Hall–Kier alpha value is -2.21. The SMILES string of the molecule is Cn1cc(C(=O)C[C@H]2CCCN2C(=O)c2ccncc2Cl)cn1. The Bertz CT molecular complexity index is 743. The molecule has 23 heavy (non-hydrogen) atoms. The molecular formula is C16H17ClN4O2. The first kappa shape index (κ1) is 15.7. The average molecular weight is 333 g/mol.